The zero-order valence-electron chi connectivity index (χ0n) is 13.5. The standard InChI is InChI=1S/C19H17BrN2OS/c1-3-16-17(13-8-10-14(20)11-9-13)21-19(24-16)22-18(23)15-7-5-4-6-12(15)2/h4-11H,3H2,1-2H3,(H,21,22,23). The normalized spacial score (nSPS) is 10.6. The molecule has 0 saturated carbocycles. The van der Waals surface area contributed by atoms with E-state index in [2.05, 4.69) is 33.2 Å². The third-order valence-electron chi connectivity index (χ3n) is 3.75. The van der Waals surface area contributed by atoms with Crippen molar-refractivity contribution in [1.29, 1.82) is 0 Å². The predicted molar refractivity (Wildman–Crippen MR) is 104 cm³/mol. The summed E-state index contributed by atoms with van der Waals surface area (Å²) in [5.41, 5.74) is 3.63. The number of nitrogens with zero attached hydrogens (tertiary/aromatic N) is 1. The maximum Gasteiger partial charge on any atom is 0.257 e. The van der Waals surface area contributed by atoms with Crippen LogP contribution in [0.15, 0.2) is 53.0 Å². The lowest BCUT2D eigenvalue weighted by Crippen LogP contribution is -2.12. The molecule has 3 aromatic rings. The highest BCUT2D eigenvalue weighted by Crippen LogP contribution is 2.32. The van der Waals surface area contributed by atoms with Gasteiger partial charge in [0.15, 0.2) is 5.13 Å². The molecule has 0 spiro atoms. The number of amides is 1. The van der Waals surface area contributed by atoms with Gasteiger partial charge in [0, 0.05) is 20.5 Å². The lowest BCUT2D eigenvalue weighted by Gasteiger charge is -2.04. The summed E-state index contributed by atoms with van der Waals surface area (Å²) in [6, 6.07) is 15.6. The number of anilines is 1. The highest BCUT2D eigenvalue weighted by molar-refractivity contribution is 9.10. The Morgan fingerprint density at radius 1 is 1.17 bits per heavy atom. The Bertz CT molecular complexity index is 871. The summed E-state index contributed by atoms with van der Waals surface area (Å²) in [4.78, 5) is 18.3. The van der Waals surface area contributed by atoms with Crippen molar-refractivity contribution in [3.8, 4) is 11.3 Å². The summed E-state index contributed by atoms with van der Waals surface area (Å²) in [5, 5.41) is 3.57. The van der Waals surface area contributed by atoms with Gasteiger partial charge in [-0.15, -0.1) is 11.3 Å². The third-order valence-corrected chi connectivity index (χ3v) is 5.39. The Balaban J connectivity index is 1.89. The second kappa shape index (κ2) is 7.28. The topological polar surface area (TPSA) is 42.0 Å². The summed E-state index contributed by atoms with van der Waals surface area (Å²) in [7, 11) is 0. The first-order valence-corrected chi connectivity index (χ1v) is 9.32. The number of thiazole rings is 1. The molecule has 1 amide bonds. The molecule has 3 rings (SSSR count). The predicted octanol–water partition coefficient (Wildman–Crippen LogP) is 5.70. The van der Waals surface area contributed by atoms with Gasteiger partial charge in [0.2, 0.25) is 0 Å². The van der Waals surface area contributed by atoms with Gasteiger partial charge in [-0.3, -0.25) is 10.1 Å². The van der Waals surface area contributed by atoms with Gasteiger partial charge in [0.25, 0.3) is 5.91 Å². The van der Waals surface area contributed by atoms with E-state index in [0.717, 1.165) is 32.6 Å². The van der Waals surface area contributed by atoms with E-state index in [9.17, 15) is 4.79 Å². The molecule has 24 heavy (non-hydrogen) atoms. The smallest absolute Gasteiger partial charge is 0.257 e. The molecule has 0 aliphatic rings. The molecule has 5 heteroatoms. The molecule has 0 saturated heterocycles. The molecule has 1 aromatic heterocycles. The van der Waals surface area contributed by atoms with E-state index in [1.54, 1.807) is 0 Å². The highest BCUT2D eigenvalue weighted by atomic mass is 79.9. The van der Waals surface area contributed by atoms with Crippen LogP contribution in [0, 0.1) is 6.92 Å². The fraction of sp³-hybridized carbons (Fsp3) is 0.158. The lowest BCUT2D eigenvalue weighted by molar-refractivity contribution is 0.102. The van der Waals surface area contributed by atoms with Crippen LogP contribution in [0.2, 0.25) is 0 Å². The number of aromatic nitrogens is 1. The highest BCUT2D eigenvalue weighted by Gasteiger charge is 2.15. The molecule has 1 N–H and O–H groups in total. The van der Waals surface area contributed by atoms with Crippen molar-refractivity contribution in [2.75, 3.05) is 5.32 Å². The monoisotopic (exact) mass is 400 g/mol. The van der Waals surface area contributed by atoms with Crippen molar-refractivity contribution in [2.45, 2.75) is 20.3 Å². The van der Waals surface area contributed by atoms with Crippen molar-refractivity contribution in [1.82, 2.24) is 4.98 Å². The average Bonchev–Trinajstić information content (AvgIpc) is 2.98. The quantitative estimate of drug-likeness (QED) is 0.610. The average molecular weight is 401 g/mol. The van der Waals surface area contributed by atoms with E-state index in [4.69, 9.17) is 0 Å². The van der Waals surface area contributed by atoms with Crippen LogP contribution in [0.25, 0.3) is 11.3 Å². The SMILES string of the molecule is CCc1sc(NC(=O)c2ccccc2C)nc1-c1ccc(Br)cc1. The minimum atomic E-state index is -0.119. The molecular weight excluding hydrogens is 384 g/mol. The van der Waals surface area contributed by atoms with Gasteiger partial charge in [0.05, 0.1) is 5.69 Å². The van der Waals surface area contributed by atoms with Crippen molar-refractivity contribution in [2.24, 2.45) is 0 Å². The number of carbonyl (C=O) groups is 1. The lowest BCUT2D eigenvalue weighted by atomic mass is 10.1. The first-order chi connectivity index (χ1) is 11.6. The van der Waals surface area contributed by atoms with Crippen LogP contribution in [-0.4, -0.2) is 10.9 Å². The van der Waals surface area contributed by atoms with Gasteiger partial charge >= 0.3 is 0 Å². The molecule has 0 unspecified atom stereocenters. The zero-order valence-corrected chi connectivity index (χ0v) is 15.9. The molecule has 3 nitrogen and oxygen atoms in total. The first kappa shape index (κ1) is 16.9. The van der Waals surface area contributed by atoms with E-state index in [0.29, 0.717) is 10.7 Å². The molecule has 0 bridgehead atoms. The van der Waals surface area contributed by atoms with E-state index in [-0.39, 0.29) is 5.91 Å². The minimum absolute atomic E-state index is 0.119. The summed E-state index contributed by atoms with van der Waals surface area (Å²) < 4.78 is 1.03. The fourth-order valence-corrected chi connectivity index (χ4v) is 3.65. The van der Waals surface area contributed by atoms with E-state index in [1.165, 1.54) is 11.3 Å². The van der Waals surface area contributed by atoms with E-state index < -0.39 is 0 Å². The molecule has 0 radical (unpaired) electrons. The molecular formula is C19H17BrN2OS. The van der Waals surface area contributed by atoms with Crippen LogP contribution < -0.4 is 5.32 Å². The number of aryl methyl sites for hydroxylation is 2. The zero-order chi connectivity index (χ0) is 17.1. The van der Waals surface area contributed by atoms with Crippen LogP contribution in [0.1, 0.15) is 27.7 Å². The molecule has 0 aliphatic heterocycles. The van der Waals surface area contributed by atoms with Gasteiger partial charge in [-0.2, -0.15) is 0 Å². The molecule has 0 fully saturated rings. The van der Waals surface area contributed by atoms with Crippen molar-refractivity contribution in [3.05, 3.63) is 69.0 Å². The number of halogens is 1. The van der Waals surface area contributed by atoms with Crippen LogP contribution in [-0.2, 0) is 6.42 Å². The van der Waals surface area contributed by atoms with Crippen LogP contribution in [0.4, 0.5) is 5.13 Å². The van der Waals surface area contributed by atoms with Crippen LogP contribution >= 0.6 is 27.3 Å². The Morgan fingerprint density at radius 3 is 2.54 bits per heavy atom. The Kier molecular flexibility index (Phi) is 5.11. The van der Waals surface area contributed by atoms with Crippen LogP contribution in [0.5, 0.6) is 0 Å². The Morgan fingerprint density at radius 2 is 1.88 bits per heavy atom. The summed E-state index contributed by atoms with van der Waals surface area (Å²) >= 11 is 4.98. The Labute approximate surface area is 153 Å². The number of hydrogen-bond donors (Lipinski definition) is 1. The molecule has 0 aliphatic carbocycles. The van der Waals surface area contributed by atoms with Gasteiger partial charge in [-0.25, -0.2) is 4.98 Å². The summed E-state index contributed by atoms with van der Waals surface area (Å²) in [6.45, 7) is 4.03. The number of benzene rings is 2. The van der Waals surface area contributed by atoms with Gasteiger partial charge in [0.1, 0.15) is 0 Å². The van der Waals surface area contributed by atoms with Crippen LogP contribution in [0.3, 0.4) is 0 Å². The van der Waals surface area contributed by atoms with Crippen molar-refractivity contribution in [3.63, 3.8) is 0 Å². The fourth-order valence-electron chi connectivity index (χ4n) is 2.47. The Hall–Kier alpha value is -1.98. The molecule has 2 aromatic carbocycles. The second-order valence-electron chi connectivity index (χ2n) is 5.42. The van der Waals surface area contributed by atoms with Gasteiger partial charge in [-0.1, -0.05) is 53.2 Å². The molecule has 0 atom stereocenters. The largest absolute Gasteiger partial charge is 0.298 e. The first-order valence-electron chi connectivity index (χ1n) is 7.71. The van der Waals surface area contributed by atoms with Gasteiger partial charge < -0.3 is 0 Å². The van der Waals surface area contributed by atoms with E-state index in [1.807, 2.05) is 55.5 Å². The summed E-state index contributed by atoms with van der Waals surface area (Å²) in [6.07, 6.45) is 0.878. The second-order valence-corrected chi connectivity index (χ2v) is 7.42. The third kappa shape index (κ3) is 3.57. The number of hydrogen-bond acceptors (Lipinski definition) is 3. The van der Waals surface area contributed by atoms with E-state index >= 15 is 0 Å². The number of nitrogens with one attached hydrogen (secondary N) is 1. The molecule has 1 heterocycles. The number of carbonyl (C=O) groups excluding carboxylic acids is 1. The maximum atomic E-state index is 12.5. The van der Waals surface area contributed by atoms with Crippen molar-refractivity contribution >= 4 is 38.3 Å². The molecule has 122 valence electrons. The summed E-state index contributed by atoms with van der Waals surface area (Å²) in [5.74, 6) is -0.119. The minimum Gasteiger partial charge on any atom is -0.298 e. The maximum absolute atomic E-state index is 12.5. The van der Waals surface area contributed by atoms with Gasteiger partial charge in [-0.05, 0) is 37.1 Å². The van der Waals surface area contributed by atoms with Crippen molar-refractivity contribution < 1.29 is 4.79 Å². The number of rotatable bonds is 4.